The third-order valence-electron chi connectivity index (χ3n) is 2.91. The van der Waals surface area contributed by atoms with Gasteiger partial charge in [0, 0.05) is 19.0 Å². The van der Waals surface area contributed by atoms with Crippen LogP contribution in [0.3, 0.4) is 0 Å². The molecule has 6 heteroatoms. The van der Waals surface area contributed by atoms with E-state index in [9.17, 15) is 9.59 Å². The van der Waals surface area contributed by atoms with Crippen molar-refractivity contribution in [2.75, 3.05) is 6.54 Å². The summed E-state index contributed by atoms with van der Waals surface area (Å²) in [7, 11) is 0. The molecule has 1 aliphatic carbocycles. The van der Waals surface area contributed by atoms with Gasteiger partial charge in [-0.3, -0.25) is 4.79 Å². The lowest BCUT2D eigenvalue weighted by atomic mass is 10.0. The third kappa shape index (κ3) is 3.46. The molecule has 6 nitrogen and oxygen atoms in total. The second-order valence-electron chi connectivity index (χ2n) is 4.13. The Bertz CT molecular complexity index is 270. The number of hydrogen-bond donors (Lipinski definition) is 4. The number of aliphatic carboxylic acids is 1. The fraction of sp³-hybridized carbons (Fsp3) is 0.800. The molecule has 0 aliphatic heterocycles. The van der Waals surface area contributed by atoms with Crippen LogP contribution in [-0.2, 0) is 9.59 Å². The Hall–Kier alpha value is -1.14. The van der Waals surface area contributed by atoms with Crippen molar-refractivity contribution in [2.24, 2.45) is 11.7 Å². The van der Waals surface area contributed by atoms with Gasteiger partial charge in [-0.05, 0) is 12.8 Å². The largest absolute Gasteiger partial charge is 0.479 e. The first-order valence-electron chi connectivity index (χ1n) is 5.46. The summed E-state index contributed by atoms with van der Waals surface area (Å²) in [5, 5.41) is 20.0. The average Bonchev–Trinajstić information content (AvgIpc) is 2.64. The normalized spacial score (nSPS) is 26.4. The first kappa shape index (κ1) is 12.9. The number of carbonyl (C=O) groups excluding carboxylic acids is 1. The Balaban J connectivity index is 2.22. The number of aliphatic hydroxyl groups is 1. The minimum absolute atomic E-state index is 0.0169. The Morgan fingerprint density at radius 3 is 2.62 bits per heavy atom. The Labute approximate surface area is 93.8 Å². The van der Waals surface area contributed by atoms with E-state index in [4.69, 9.17) is 15.9 Å². The van der Waals surface area contributed by atoms with E-state index in [1.54, 1.807) is 0 Å². The molecule has 1 aliphatic rings. The smallest absolute Gasteiger partial charge is 0.332 e. The summed E-state index contributed by atoms with van der Waals surface area (Å²) >= 11 is 0. The van der Waals surface area contributed by atoms with Crippen molar-refractivity contribution in [3.05, 3.63) is 0 Å². The van der Waals surface area contributed by atoms with Crippen LogP contribution in [0.1, 0.15) is 25.7 Å². The maximum Gasteiger partial charge on any atom is 0.332 e. The van der Waals surface area contributed by atoms with Crippen LogP contribution < -0.4 is 11.1 Å². The summed E-state index contributed by atoms with van der Waals surface area (Å²) in [6.45, 7) is 0.162. The van der Waals surface area contributed by atoms with Gasteiger partial charge < -0.3 is 21.3 Å². The lowest BCUT2D eigenvalue weighted by Crippen LogP contribution is -2.40. The highest BCUT2D eigenvalue weighted by Gasteiger charge is 2.29. The van der Waals surface area contributed by atoms with Crippen LogP contribution in [0.25, 0.3) is 0 Å². The number of carbonyl (C=O) groups is 2. The Kier molecular flexibility index (Phi) is 4.70. The number of nitrogens with one attached hydrogen (secondary N) is 1. The van der Waals surface area contributed by atoms with Gasteiger partial charge in [-0.2, -0.15) is 0 Å². The van der Waals surface area contributed by atoms with Crippen LogP contribution in [0, 0.1) is 5.92 Å². The molecule has 0 aromatic rings. The van der Waals surface area contributed by atoms with E-state index >= 15 is 0 Å². The van der Waals surface area contributed by atoms with Crippen LogP contribution in [0.5, 0.6) is 0 Å². The van der Waals surface area contributed by atoms with E-state index in [1.165, 1.54) is 0 Å². The van der Waals surface area contributed by atoms with E-state index < -0.39 is 12.1 Å². The van der Waals surface area contributed by atoms with Crippen molar-refractivity contribution in [1.29, 1.82) is 0 Å². The quantitative estimate of drug-likeness (QED) is 0.487. The molecule has 0 spiro atoms. The standard InChI is InChI=1S/C10H18N2O4/c11-7-3-1-2-6(7)9(14)12-5-4-8(13)10(15)16/h6-8,13H,1-5,11H2,(H,12,14)(H,15,16). The highest BCUT2D eigenvalue weighted by Crippen LogP contribution is 2.23. The minimum Gasteiger partial charge on any atom is -0.479 e. The van der Waals surface area contributed by atoms with E-state index in [2.05, 4.69) is 5.32 Å². The predicted molar refractivity (Wildman–Crippen MR) is 56.6 cm³/mol. The molecule has 3 unspecified atom stereocenters. The molecule has 0 heterocycles. The fourth-order valence-electron chi connectivity index (χ4n) is 1.90. The van der Waals surface area contributed by atoms with E-state index in [0.29, 0.717) is 0 Å². The van der Waals surface area contributed by atoms with Gasteiger partial charge in [0.15, 0.2) is 6.10 Å². The zero-order valence-electron chi connectivity index (χ0n) is 9.06. The zero-order valence-corrected chi connectivity index (χ0v) is 9.06. The van der Waals surface area contributed by atoms with Crippen LogP contribution in [0.2, 0.25) is 0 Å². The van der Waals surface area contributed by atoms with Gasteiger partial charge in [-0.25, -0.2) is 4.79 Å². The van der Waals surface area contributed by atoms with Crippen molar-refractivity contribution in [2.45, 2.75) is 37.8 Å². The van der Waals surface area contributed by atoms with Gasteiger partial charge >= 0.3 is 5.97 Å². The topological polar surface area (TPSA) is 113 Å². The molecule has 0 radical (unpaired) electrons. The van der Waals surface area contributed by atoms with Crippen molar-refractivity contribution < 1.29 is 19.8 Å². The Morgan fingerprint density at radius 1 is 1.44 bits per heavy atom. The maximum absolute atomic E-state index is 11.6. The lowest BCUT2D eigenvalue weighted by molar-refractivity contribution is -0.147. The number of rotatable bonds is 5. The zero-order chi connectivity index (χ0) is 12.1. The Morgan fingerprint density at radius 2 is 2.12 bits per heavy atom. The summed E-state index contributed by atoms with van der Waals surface area (Å²) in [4.78, 5) is 21.9. The van der Waals surface area contributed by atoms with Gasteiger partial charge in [-0.1, -0.05) is 6.42 Å². The van der Waals surface area contributed by atoms with Crippen LogP contribution in [0.4, 0.5) is 0 Å². The lowest BCUT2D eigenvalue weighted by Gasteiger charge is -2.15. The predicted octanol–water partition coefficient (Wildman–Crippen LogP) is -0.934. The molecule has 0 saturated heterocycles. The molecule has 5 N–H and O–H groups in total. The fourth-order valence-corrected chi connectivity index (χ4v) is 1.90. The molecular formula is C10H18N2O4. The monoisotopic (exact) mass is 230 g/mol. The molecule has 0 aromatic carbocycles. The minimum atomic E-state index is -1.42. The molecule has 3 atom stereocenters. The number of carboxylic acids is 1. The van der Waals surface area contributed by atoms with Gasteiger partial charge in [0.05, 0.1) is 5.92 Å². The number of nitrogens with two attached hydrogens (primary N) is 1. The molecule has 1 saturated carbocycles. The highest BCUT2D eigenvalue weighted by atomic mass is 16.4. The molecule has 0 bridgehead atoms. The summed E-state index contributed by atoms with van der Waals surface area (Å²) in [6, 6.07) is -0.0932. The molecule has 0 aromatic heterocycles. The van der Waals surface area contributed by atoms with Gasteiger partial charge in [0.1, 0.15) is 0 Å². The van der Waals surface area contributed by atoms with Gasteiger partial charge in [0.2, 0.25) is 5.91 Å². The summed E-state index contributed by atoms with van der Waals surface area (Å²) in [5.74, 6) is -1.57. The number of hydrogen-bond acceptors (Lipinski definition) is 4. The number of aliphatic hydroxyl groups excluding tert-OH is 1. The second kappa shape index (κ2) is 5.81. The van der Waals surface area contributed by atoms with E-state index in [-0.39, 0.29) is 30.8 Å². The second-order valence-corrected chi connectivity index (χ2v) is 4.13. The average molecular weight is 230 g/mol. The first-order valence-corrected chi connectivity index (χ1v) is 5.46. The molecule has 1 rings (SSSR count). The molecule has 1 fully saturated rings. The SMILES string of the molecule is NC1CCCC1C(=O)NCCC(O)C(=O)O. The third-order valence-corrected chi connectivity index (χ3v) is 2.91. The summed E-state index contributed by atoms with van der Waals surface area (Å²) in [5.41, 5.74) is 5.76. The summed E-state index contributed by atoms with van der Waals surface area (Å²) in [6.07, 6.45) is 1.20. The number of amides is 1. The molecule has 16 heavy (non-hydrogen) atoms. The molecule has 92 valence electrons. The van der Waals surface area contributed by atoms with Gasteiger partial charge in [0.25, 0.3) is 0 Å². The maximum atomic E-state index is 11.6. The van der Waals surface area contributed by atoms with Crippen LogP contribution in [-0.4, -0.2) is 40.8 Å². The van der Waals surface area contributed by atoms with Crippen molar-refractivity contribution in [3.63, 3.8) is 0 Å². The van der Waals surface area contributed by atoms with Crippen LogP contribution in [0.15, 0.2) is 0 Å². The van der Waals surface area contributed by atoms with Crippen LogP contribution >= 0.6 is 0 Å². The highest BCUT2D eigenvalue weighted by molar-refractivity contribution is 5.79. The van der Waals surface area contributed by atoms with Crippen molar-refractivity contribution >= 4 is 11.9 Å². The number of carboxylic acid groups (broad SMARTS) is 1. The summed E-state index contributed by atoms with van der Waals surface area (Å²) < 4.78 is 0. The van der Waals surface area contributed by atoms with E-state index in [1.807, 2.05) is 0 Å². The van der Waals surface area contributed by atoms with E-state index in [0.717, 1.165) is 19.3 Å². The van der Waals surface area contributed by atoms with Gasteiger partial charge in [-0.15, -0.1) is 0 Å². The van der Waals surface area contributed by atoms with Crippen molar-refractivity contribution in [3.8, 4) is 0 Å². The van der Waals surface area contributed by atoms with Crippen molar-refractivity contribution in [1.82, 2.24) is 5.32 Å². The first-order chi connectivity index (χ1) is 7.52. The molecular weight excluding hydrogens is 212 g/mol. The molecule has 1 amide bonds.